The Morgan fingerprint density at radius 1 is 1.07 bits per heavy atom. The number of carbonyl (C=O) groups is 2. The van der Waals surface area contributed by atoms with Gasteiger partial charge in [-0.2, -0.15) is 0 Å². The fraction of sp³-hybridized carbons (Fsp3) is 0.421. The number of rotatable bonds is 3. The van der Waals surface area contributed by atoms with Crippen molar-refractivity contribution in [2.75, 3.05) is 31.6 Å². The van der Waals surface area contributed by atoms with Crippen molar-refractivity contribution in [2.45, 2.75) is 25.6 Å². The van der Waals surface area contributed by atoms with E-state index in [9.17, 15) is 9.59 Å². The maximum absolute atomic E-state index is 12.7. The zero-order chi connectivity index (χ0) is 18.9. The minimum Gasteiger partial charge on any atom is -0.360 e. The number of nitrogens with one attached hydrogen (secondary N) is 1. The lowest BCUT2D eigenvalue weighted by atomic mass is 10.0. The predicted molar refractivity (Wildman–Crippen MR) is 95.4 cm³/mol. The number of likely N-dealkylation sites (tertiary alicyclic amines) is 1. The van der Waals surface area contributed by atoms with Crippen LogP contribution in [0.1, 0.15) is 39.3 Å². The molecule has 0 unspecified atom stereocenters. The highest BCUT2D eigenvalue weighted by atomic mass is 16.7. The summed E-state index contributed by atoms with van der Waals surface area (Å²) in [5.41, 5.74) is 0.991. The van der Waals surface area contributed by atoms with Crippen LogP contribution < -0.4 is 5.32 Å². The van der Waals surface area contributed by atoms with Gasteiger partial charge in [0.2, 0.25) is 0 Å². The summed E-state index contributed by atoms with van der Waals surface area (Å²) in [5.74, 6) is 0.108. The largest absolute Gasteiger partial charge is 0.360 e. The molecule has 2 amide bonds. The first kappa shape index (κ1) is 17.7. The highest BCUT2D eigenvalue weighted by Gasteiger charge is 2.40. The average molecular weight is 371 g/mol. The molecule has 0 atom stereocenters. The first-order chi connectivity index (χ1) is 13.0. The van der Waals surface area contributed by atoms with E-state index >= 15 is 0 Å². The molecule has 142 valence electrons. The Balaban J connectivity index is 1.37. The van der Waals surface area contributed by atoms with Crippen molar-refractivity contribution in [3.63, 3.8) is 0 Å². The summed E-state index contributed by atoms with van der Waals surface area (Å²) < 4.78 is 16.3. The molecule has 1 aromatic heterocycles. The van der Waals surface area contributed by atoms with Gasteiger partial charge in [-0.1, -0.05) is 5.16 Å². The average Bonchev–Trinajstić information content (AvgIpc) is 3.31. The number of amides is 2. The molecule has 0 aliphatic carbocycles. The van der Waals surface area contributed by atoms with Crippen LogP contribution in [0.4, 0.5) is 5.82 Å². The fourth-order valence-corrected chi connectivity index (χ4v) is 3.40. The molecule has 2 fully saturated rings. The Hall–Kier alpha value is -2.71. The summed E-state index contributed by atoms with van der Waals surface area (Å²) in [6, 6.07) is 8.22. The second-order valence-electron chi connectivity index (χ2n) is 6.75. The Morgan fingerprint density at radius 2 is 1.70 bits per heavy atom. The molecule has 2 aliphatic rings. The number of anilines is 1. The molecule has 0 bridgehead atoms. The molecular formula is C19H21N3O5. The maximum atomic E-state index is 12.7. The molecule has 4 rings (SSSR count). The zero-order valence-corrected chi connectivity index (χ0v) is 15.1. The van der Waals surface area contributed by atoms with E-state index in [0.29, 0.717) is 61.8 Å². The second-order valence-corrected chi connectivity index (χ2v) is 6.75. The molecule has 1 aromatic carbocycles. The van der Waals surface area contributed by atoms with Gasteiger partial charge in [0.15, 0.2) is 11.6 Å². The van der Waals surface area contributed by atoms with E-state index in [0.717, 1.165) is 0 Å². The highest BCUT2D eigenvalue weighted by Crippen LogP contribution is 2.31. The molecule has 8 nitrogen and oxygen atoms in total. The van der Waals surface area contributed by atoms with Gasteiger partial charge in [-0.3, -0.25) is 9.59 Å². The molecule has 2 aromatic rings. The van der Waals surface area contributed by atoms with E-state index in [1.54, 1.807) is 42.2 Å². The van der Waals surface area contributed by atoms with Crippen molar-refractivity contribution in [3.8, 4) is 0 Å². The molecule has 1 N–H and O–H groups in total. The van der Waals surface area contributed by atoms with Gasteiger partial charge in [-0.15, -0.1) is 0 Å². The Morgan fingerprint density at radius 3 is 2.30 bits per heavy atom. The Kier molecular flexibility index (Phi) is 4.67. The molecule has 0 radical (unpaired) electrons. The maximum Gasteiger partial charge on any atom is 0.256 e. The Labute approximate surface area is 156 Å². The number of hydrogen-bond acceptors (Lipinski definition) is 6. The SMILES string of the molecule is Cc1cc(NC(=O)c2ccc(C(=O)N3CCC4(CC3)OCCO4)cc2)no1. The fourth-order valence-electron chi connectivity index (χ4n) is 3.40. The highest BCUT2D eigenvalue weighted by molar-refractivity contribution is 6.04. The topological polar surface area (TPSA) is 93.9 Å². The molecule has 2 saturated heterocycles. The van der Waals surface area contributed by atoms with Gasteiger partial charge in [0.05, 0.1) is 13.2 Å². The summed E-state index contributed by atoms with van der Waals surface area (Å²) in [7, 11) is 0. The van der Waals surface area contributed by atoms with Crippen LogP contribution in [0.15, 0.2) is 34.9 Å². The van der Waals surface area contributed by atoms with E-state index in [1.165, 1.54) is 0 Å². The first-order valence-electron chi connectivity index (χ1n) is 8.97. The van der Waals surface area contributed by atoms with Crippen LogP contribution in [0.2, 0.25) is 0 Å². The van der Waals surface area contributed by atoms with Crippen molar-refractivity contribution in [1.82, 2.24) is 10.1 Å². The standard InChI is InChI=1S/C19H21N3O5/c1-13-12-16(21-27-13)20-17(23)14-2-4-15(5-3-14)18(24)22-8-6-19(7-9-22)25-10-11-26-19/h2-5,12H,6-11H2,1H3,(H,20,21,23). The monoisotopic (exact) mass is 371 g/mol. The van der Waals surface area contributed by atoms with E-state index < -0.39 is 5.79 Å². The smallest absolute Gasteiger partial charge is 0.256 e. The number of carbonyl (C=O) groups excluding carboxylic acids is 2. The first-order valence-corrected chi connectivity index (χ1v) is 8.97. The molecular weight excluding hydrogens is 350 g/mol. The number of nitrogens with zero attached hydrogens (tertiary/aromatic N) is 2. The minimum absolute atomic E-state index is 0.0538. The van der Waals surface area contributed by atoms with Crippen molar-refractivity contribution >= 4 is 17.6 Å². The summed E-state index contributed by atoms with van der Waals surface area (Å²) >= 11 is 0. The quantitative estimate of drug-likeness (QED) is 0.889. The van der Waals surface area contributed by atoms with Gasteiger partial charge >= 0.3 is 0 Å². The van der Waals surface area contributed by atoms with Crippen molar-refractivity contribution < 1.29 is 23.6 Å². The normalized spacial score (nSPS) is 18.6. The number of ether oxygens (including phenoxy) is 2. The van der Waals surface area contributed by atoms with E-state index in [2.05, 4.69) is 10.5 Å². The molecule has 3 heterocycles. The van der Waals surface area contributed by atoms with E-state index in [1.807, 2.05) is 0 Å². The zero-order valence-electron chi connectivity index (χ0n) is 15.1. The lowest BCUT2D eigenvalue weighted by Gasteiger charge is -2.37. The Bertz CT molecular complexity index is 829. The number of hydrogen-bond donors (Lipinski definition) is 1. The molecule has 0 saturated carbocycles. The lowest BCUT2D eigenvalue weighted by Crippen LogP contribution is -2.47. The van der Waals surface area contributed by atoms with Gasteiger partial charge in [-0.05, 0) is 31.2 Å². The van der Waals surface area contributed by atoms with Crippen LogP contribution in [-0.2, 0) is 9.47 Å². The number of benzene rings is 1. The second kappa shape index (κ2) is 7.13. The predicted octanol–water partition coefficient (Wildman–Crippen LogP) is 2.21. The van der Waals surface area contributed by atoms with E-state index in [-0.39, 0.29) is 11.8 Å². The summed E-state index contributed by atoms with van der Waals surface area (Å²) in [5, 5.41) is 6.38. The van der Waals surface area contributed by atoms with Gasteiger partial charge in [-0.25, -0.2) is 0 Å². The number of aryl methyl sites for hydroxylation is 1. The van der Waals surface area contributed by atoms with Gasteiger partial charge < -0.3 is 24.2 Å². The van der Waals surface area contributed by atoms with Gasteiger partial charge in [0, 0.05) is 43.1 Å². The summed E-state index contributed by atoms with van der Waals surface area (Å²) in [6.07, 6.45) is 1.35. The lowest BCUT2D eigenvalue weighted by molar-refractivity contribution is -0.181. The van der Waals surface area contributed by atoms with Crippen LogP contribution in [0, 0.1) is 6.92 Å². The number of aromatic nitrogens is 1. The van der Waals surface area contributed by atoms with Crippen LogP contribution in [-0.4, -0.2) is 54.0 Å². The van der Waals surface area contributed by atoms with Crippen molar-refractivity contribution in [2.24, 2.45) is 0 Å². The summed E-state index contributed by atoms with van der Waals surface area (Å²) in [6.45, 7) is 4.16. The van der Waals surface area contributed by atoms with Crippen LogP contribution in [0.3, 0.4) is 0 Å². The molecule has 1 spiro atoms. The van der Waals surface area contributed by atoms with Gasteiger partial charge in [0.25, 0.3) is 11.8 Å². The van der Waals surface area contributed by atoms with Crippen molar-refractivity contribution in [3.05, 3.63) is 47.2 Å². The van der Waals surface area contributed by atoms with E-state index in [4.69, 9.17) is 14.0 Å². The third-order valence-corrected chi connectivity index (χ3v) is 4.89. The molecule has 8 heteroatoms. The minimum atomic E-state index is -0.502. The van der Waals surface area contributed by atoms with Crippen LogP contribution >= 0.6 is 0 Å². The molecule has 27 heavy (non-hydrogen) atoms. The summed E-state index contributed by atoms with van der Waals surface area (Å²) in [4.78, 5) is 26.7. The molecule has 2 aliphatic heterocycles. The number of piperidine rings is 1. The van der Waals surface area contributed by atoms with Crippen molar-refractivity contribution in [1.29, 1.82) is 0 Å². The van der Waals surface area contributed by atoms with Gasteiger partial charge in [0.1, 0.15) is 5.76 Å². The van der Waals surface area contributed by atoms with Crippen LogP contribution in [0.5, 0.6) is 0 Å². The third-order valence-electron chi connectivity index (χ3n) is 4.89. The third kappa shape index (κ3) is 3.72. The van der Waals surface area contributed by atoms with Crippen LogP contribution in [0.25, 0.3) is 0 Å².